The topological polar surface area (TPSA) is 72.5 Å². The maximum Gasteiger partial charge on any atom is 0.323 e. The quantitative estimate of drug-likeness (QED) is 0.739. The second-order valence-electron chi connectivity index (χ2n) is 6.80. The van der Waals surface area contributed by atoms with Crippen LogP contribution in [0.3, 0.4) is 0 Å². The molecule has 1 unspecified atom stereocenters. The summed E-state index contributed by atoms with van der Waals surface area (Å²) >= 11 is 0. The largest absolute Gasteiger partial charge is 0.461 e. The van der Waals surface area contributed by atoms with Gasteiger partial charge in [-0.2, -0.15) is 0 Å². The normalized spacial score (nSPS) is 19.9. The molecule has 1 aliphatic carbocycles. The first-order valence-electron chi connectivity index (χ1n) is 6.80. The lowest BCUT2D eigenvalue weighted by molar-refractivity contribution is -0.154. The van der Waals surface area contributed by atoms with E-state index in [4.69, 9.17) is 10.5 Å². The highest BCUT2D eigenvalue weighted by Crippen LogP contribution is 2.32. The molecule has 1 aliphatic rings. The second kappa shape index (κ2) is 5.57. The Bertz CT molecular complexity index is 288. The van der Waals surface area contributed by atoms with Crippen molar-refractivity contribution in [1.29, 1.82) is 0 Å². The van der Waals surface area contributed by atoms with Crippen molar-refractivity contribution >= 4 is 5.97 Å². The minimum absolute atomic E-state index is 0.0430. The summed E-state index contributed by atoms with van der Waals surface area (Å²) in [6, 6.07) is -0.690. The van der Waals surface area contributed by atoms with Crippen molar-refractivity contribution in [3.05, 3.63) is 0 Å². The van der Waals surface area contributed by atoms with Crippen LogP contribution in [0, 0.1) is 5.41 Å². The number of aliphatic hydroxyl groups is 1. The van der Waals surface area contributed by atoms with E-state index in [9.17, 15) is 9.90 Å². The fourth-order valence-electron chi connectivity index (χ4n) is 2.79. The molecule has 18 heavy (non-hydrogen) atoms. The molecule has 0 radical (unpaired) electrons. The minimum Gasteiger partial charge on any atom is -0.461 e. The van der Waals surface area contributed by atoms with Crippen LogP contribution in [0.5, 0.6) is 0 Å². The van der Waals surface area contributed by atoms with Crippen LogP contribution in [0.2, 0.25) is 0 Å². The smallest absolute Gasteiger partial charge is 0.323 e. The third-order valence-electron chi connectivity index (χ3n) is 3.57. The Morgan fingerprint density at radius 2 is 1.83 bits per heavy atom. The molecular weight excluding hydrogens is 230 g/mol. The van der Waals surface area contributed by atoms with Gasteiger partial charge in [0.15, 0.2) is 0 Å². The molecule has 0 spiro atoms. The van der Waals surface area contributed by atoms with E-state index in [2.05, 4.69) is 0 Å². The number of carbonyl (C=O) groups excluding carboxylic acids is 1. The van der Waals surface area contributed by atoms with Crippen molar-refractivity contribution < 1.29 is 14.6 Å². The summed E-state index contributed by atoms with van der Waals surface area (Å²) in [4.78, 5) is 12.0. The van der Waals surface area contributed by atoms with Crippen LogP contribution in [0.15, 0.2) is 0 Å². The lowest BCUT2D eigenvalue weighted by Crippen LogP contribution is -2.48. The van der Waals surface area contributed by atoms with Gasteiger partial charge in [-0.05, 0) is 51.4 Å². The molecule has 0 amide bonds. The molecule has 1 atom stereocenters. The zero-order valence-electron chi connectivity index (χ0n) is 12.0. The molecular formula is C14H27NO3. The van der Waals surface area contributed by atoms with Crippen molar-refractivity contribution in [2.24, 2.45) is 11.1 Å². The number of hydrogen-bond donors (Lipinski definition) is 2. The molecule has 1 rings (SSSR count). The van der Waals surface area contributed by atoms with Crippen LogP contribution in [0.25, 0.3) is 0 Å². The number of rotatable bonds is 5. The van der Waals surface area contributed by atoms with Gasteiger partial charge in [0.05, 0.1) is 5.60 Å². The fourth-order valence-corrected chi connectivity index (χ4v) is 2.79. The van der Waals surface area contributed by atoms with Crippen LogP contribution in [0.1, 0.15) is 59.8 Å². The van der Waals surface area contributed by atoms with Gasteiger partial charge in [0.1, 0.15) is 12.1 Å². The standard InChI is InChI=1S/C14H27NO3/c1-13(2,9-14(3,4)17)11(15)12(16)18-10-7-5-6-8-10/h10-11,17H,5-9,15H2,1-4H3. The van der Waals surface area contributed by atoms with E-state index in [0.29, 0.717) is 6.42 Å². The van der Waals surface area contributed by atoms with Crippen LogP contribution >= 0.6 is 0 Å². The van der Waals surface area contributed by atoms with Gasteiger partial charge < -0.3 is 15.6 Å². The number of esters is 1. The van der Waals surface area contributed by atoms with Crippen LogP contribution in [-0.4, -0.2) is 28.8 Å². The monoisotopic (exact) mass is 257 g/mol. The molecule has 1 fully saturated rings. The summed E-state index contributed by atoms with van der Waals surface area (Å²) in [5.41, 5.74) is 4.68. The first-order valence-corrected chi connectivity index (χ1v) is 6.80. The molecule has 0 saturated heterocycles. The molecule has 4 nitrogen and oxygen atoms in total. The first kappa shape index (κ1) is 15.4. The van der Waals surface area contributed by atoms with E-state index >= 15 is 0 Å². The zero-order chi connectivity index (χ0) is 14.0. The summed E-state index contributed by atoms with van der Waals surface area (Å²) in [7, 11) is 0. The summed E-state index contributed by atoms with van der Waals surface area (Å²) in [6.07, 6.45) is 4.65. The number of nitrogens with two attached hydrogens (primary N) is 1. The Kier molecular flexibility index (Phi) is 4.78. The van der Waals surface area contributed by atoms with E-state index in [1.807, 2.05) is 13.8 Å². The molecule has 106 valence electrons. The Labute approximate surface area is 110 Å². The van der Waals surface area contributed by atoms with E-state index in [0.717, 1.165) is 25.7 Å². The summed E-state index contributed by atoms with van der Waals surface area (Å²) in [6.45, 7) is 7.24. The maximum atomic E-state index is 12.0. The molecule has 3 N–H and O–H groups in total. The molecule has 4 heteroatoms. The van der Waals surface area contributed by atoms with Gasteiger partial charge >= 0.3 is 5.97 Å². The predicted octanol–water partition coefficient (Wildman–Crippen LogP) is 1.99. The third kappa shape index (κ3) is 4.58. The molecule has 0 heterocycles. The van der Waals surface area contributed by atoms with Crippen molar-refractivity contribution in [2.75, 3.05) is 0 Å². The highest BCUT2D eigenvalue weighted by molar-refractivity contribution is 5.76. The highest BCUT2D eigenvalue weighted by atomic mass is 16.5. The van der Waals surface area contributed by atoms with Crippen molar-refractivity contribution in [3.63, 3.8) is 0 Å². The second-order valence-corrected chi connectivity index (χ2v) is 6.80. The van der Waals surface area contributed by atoms with Crippen LogP contribution in [0.4, 0.5) is 0 Å². The van der Waals surface area contributed by atoms with E-state index < -0.39 is 17.1 Å². The molecule has 0 bridgehead atoms. The van der Waals surface area contributed by atoms with Gasteiger partial charge in [-0.25, -0.2) is 0 Å². The summed E-state index contributed by atoms with van der Waals surface area (Å²) in [5, 5.41) is 9.86. The Balaban J connectivity index is 2.55. The molecule has 1 saturated carbocycles. The van der Waals surface area contributed by atoms with Gasteiger partial charge in [-0.1, -0.05) is 13.8 Å². The minimum atomic E-state index is -0.839. The lowest BCUT2D eigenvalue weighted by Gasteiger charge is -2.35. The third-order valence-corrected chi connectivity index (χ3v) is 3.57. The van der Waals surface area contributed by atoms with E-state index in [1.54, 1.807) is 13.8 Å². The SMILES string of the molecule is CC(C)(O)CC(C)(C)C(N)C(=O)OC1CCCC1. The predicted molar refractivity (Wildman–Crippen MR) is 71.0 cm³/mol. The number of hydrogen-bond acceptors (Lipinski definition) is 4. The summed E-state index contributed by atoms with van der Waals surface area (Å²) in [5.74, 6) is -0.337. The Morgan fingerprint density at radius 1 is 1.33 bits per heavy atom. The van der Waals surface area contributed by atoms with Gasteiger partial charge in [-0.15, -0.1) is 0 Å². The number of carbonyl (C=O) groups is 1. The maximum absolute atomic E-state index is 12.0. The van der Waals surface area contributed by atoms with Gasteiger partial charge in [0.2, 0.25) is 0 Å². The average molecular weight is 257 g/mol. The van der Waals surface area contributed by atoms with Gasteiger partial charge in [0, 0.05) is 0 Å². The van der Waals surface area contributed by atoms with Gasteiger partial charge in [0.25, 0.3) is 0 Å². The molecule has 0 aromatic heterocycles. The average Bonchev–Trinajstić information content (AvgIpc) is 2.65. The molecule has 0 aromatic carbocycles. The Morgan fingerprint density at radius 3 is 2.28 bits per heavy atom. The van der Waals surface area contributed by atoms with Crippen molar-refractivity contribution in [3.8, 4) is 0 Å². The van der Waals surface area contributed by atoms with Crippen LogP contribution < -0.4 is 5.73 Å². The first-order chi connectivity index (χ1) is 8.12. The molecule has 0 aliphatic heterocycles. The lowest BCUT2D eigenvalue weighted by atomic mass is 9.76. The highest BCUT2D eigenvalue weighted by Gasteiger charge is 2.38. The van der Waals surface area contributed by atoms with E-state index in [-0.39, 0.29) is 12.1 Å². The Hall–Kier alpha value is -0.610. The molecule has 0 aromatic rings. The van der Waals surface area contributed by atoms with Crippen LogP contribution in [-0.2, 0) is 9.53 Å². The fraction of sp³-hybridized carbons (Fsp3) is 0.929. The summed E-state index contributed by atoms with van der Waals surface area (Å²) < 4.78 is 5.43. The zero-order valence-corrected chi connectivity index (χ0v) is 12.0. The van der Waals surface area contributed by atoms with Crippen molar-refractivity contribution in [1.82, 2.24) is 0 Å². The number of ether oxygens (including phenoxy) is 1. The van der Waals surface area contributed by atoms with E-state index in [1.165, 1.54) is 0 Å². The van der Waals surface area contributed by atoms with Gasteiger partial charge in [-0.3, -0.25) is 4.79 Å². The van der Waals surface area contributed by atoms with Crippen molar-refractivity contribution in [2.45, 2.75) is 77.5 Å².